The van der Waals surface area contributed by atoms with Gasteiger partial charge >= 0.3 is 0 Å². The molecule has 6 nitrogen and oxygen atoms in total. The van der Waals surface area contributed by atoms with Crippen molar-refractivity contribution in [3.05, 3.63) is 76.1 Å². The fourth-order valence-electron chi connectivity index (χ4n) is 3.14. The van der Waals surface area contributed by atoms with Gasteiger partial charge in [-0.2, -0.15) is 5.10 Å². The number of rotatable bonds is 4. The number of H-pyrrole nitrogens is 1. The van der Waals surface area contributed by atoms with E-state index in [1.54, 1.807) is 12.3 Å². The van der Waals surface area contributed by atoms with Gasteiger partial charge < -0.3 is 0 Å². The number of nitrogens with zero attached hydrogens (tertiary/aromatic N) is 4. The maximum Gasteiger partial charge on any atom is 0.272 e. The summed E-state index contributed by atoms with van der Waals surface area (Å²) in [5.74, 6) is 0.0760. The van der Waals surface area contributed by atoms with E-state index < -0.39 is 0 Å². The Kier molecular flexibility index (Phi) is 3.95. The maximum atomic E-state index is 12.5. The van der Waals surface area contributed by atoms with E-state index in [1.807, 2.05) is 36.0 Å². The largest absolute Gasteiger partial charge is 0.296 e. The van der Waals surface area contributed by atoms with Crippen molar-refractivity contribution in [2.24, 2.45) is 0 Å². The van der Waals surface area contributed by atoms with E-state index in [2.05, 4.69) is 36.2 Å². The molecule has 0 aliphatic rings. The van der Waals surface area contributed by atoms with Crippen LogP contribution in [0, 0.1) is 13.8 Å². The zero-order valence-electron chi connectivity index (χ0n) is 15.1. The highest BCUT2D eigenvalue weighted by Crippen LogP contribution is 2.24. The molecule has 1 atom stereocenters. The van der Waals surface area contributed by atoms with Crippen LogP contribution in [0.4, 0.5) is 0 Å². The Hall–Kier alpha value is -3.15. The number of hydrogen-bond acceptors (Lipinski definition) is 3. The standard InChI is InChI=1S/C20H21N5O/c1-13-4-6-16(7-5-13)17-11-22-25-19(26)10-18(23-20(17)25)14(2)12-24-15(3)8-9-21-24/h4-11,14,22H,12H2,1-3H3. The van der Waals surface area contributed by atoms with Gasteiger partial charge in [-0.25, -0.2) is 9.50 Å². The summed E-state index contributed by atoms with van der Waals surface area (Å²) in [6.07, 6.45) is 3.62. The zero-order valence-corrected chi connectivity index (χ0v) is 15.1. The molecule has 26 heavy (non-hydrogen) atoms. The second-order valence-corrected chi connectivity index (χ2v) is 6.79. The summed E-state index contributed by atoms with van der Waals surface area (Å²) in [4.78, 5) is 17.3. The summed E-state index contributed by atoms with van der Waals surface area (Å²) in [6.45, 7) is 6.83. The van der Waals surface area contributed by atoms with Gasteiger partial charge in [0.1, 0.15) is 0 Å². The molecule has 6 heteroatoms. The van der Waals surface area contributed by atoms with Crippen LogP contribution in [0.5, 0.6) is 0 Å². The van der Waals surface area contributed by atoms with Gasteiger partial charge in [0.25, 0.3) is 5.56 Å². The SMILES string of the molecule is Cc1ccc(-c2c[nH]n3c(=O)cc(C(C)Cn4nccc4C)nc23)cc1. The van der Waals surface area contributed by atoms with Gasteiger partial charge in [-0.1, -0.05) is 36.8 Å². The van der Waals surface area contributed by atoms with Gasteiger partial charge in [0.05, 0.1) is 5.69 Å². The van der Waals surface area contributed by atoms with E-state index in [4.69, 9.17) is 4.98 Å². The quantitative estimate of drug-likeness (QED) is 0.616. The predicted octanol–water partition coefficient (Wildman–Crippen LogP) is 3.31. The number of fused-ring (bicyclic) bond motifs is 1. The monoisotopic (exact) mass is 347 g/mol. The number of aromatic amines is 1. The third-order valence-electron chi connectivity index (χ3n) is 4.76. The molecule has 0 spiro atoms. The molecule has 0 aliphatic carbocycles. The number of benzene rings is 1. The highest BCUT2D eigenvalue weighted by atomic mass is 16.1. The molecule has 0 radical (unpaired) electrons. The van der Waals surface area contributed by atoms with Crippen molar-refractivity contribution < 1.29 is 0 Å². The van der Waals surface area contributed by atoms with Gasteiger partial charge in [0, 0.05) is 42.2 Å². The number of aromatic nitrogens is 5. The lowest BCUT2D eigenvalue weighted by molar-refractivity contribution is 0.523. The van der Waals surface area contributed by atoms with Crippen molar-refractivity contribution in [1.29, 1.82) is 0 Å². The van der Waals surface area contributed by atoms with Crippen LogP contribution in [0.1, 0.15) is 29.8 Å². The summed E-state index contributed by atoms with van der Waals surface area (Å²) in [5.41, 5.74) is 5.57. The van der Waals surface area contributed by atoms with E-state index in [1.165, 1.54) is 10.1 Å². The van der Waals surface area contributed by atoms with Gasteiger partial charge in [-0.15, -0.1) is 0 Å². The lowest BCUT2D eigenvalue weighted by Crippen LogP contribution is -2.18. The number of hydrogen-bond donors (Lipinski definition) is 1. The van der Waals surface area contributed by atoms with Gasteiger partial charge in [-0.3, -0.25) is 14.6 Å². The summed E-state index contributed by atoms with van der Waals surface area (Å²) in [7, 11) is 0. The molecule has 0 fully saturated rings. The van der Waals surface area contributed by atoms with Crippen LogP contribution in [-0.4, -0.2) is 24.4 Å². The summed E-state index contributed by atoms with van der Waals surface area (Å²) < 4.78 is 3.43. The third kappa shape index (κ3) is 2.83. The molecule has 3 heterocycles. The van der Waals surface area contributed by atoms with Crippen LogP contribution < -0.4 is 5.56 Å². The molecule has 0 saturated carbocycles. The lowest BCUT2D eigenvalue weighted by atomic mass is 10.1. The van der Waals surface area contributed by atoms with Gasteiger partial charge in [0.2, 0.25) is 0 Å². The van der Waals surface area contributed by atoms with E-state index in [0.717, 1.165) is 22.5 Å². The minimum Gasteiger partial charge on any atom is -0.296 e. The van der Waals surface area contributed by atoms with Crippen LogP contribution in [-0.2, 0) is 6.54 Å². The van der Waals surface area contributed by atoms with Gasteiger partial charge in [0.15, 0.2) is 5.65 Å². The minimum atomic E-state index is -0.104. The summed E-state index contributed by atoms with van der Waals surface area (Å²) >= 11 is 0. The van der Waals surface area contributed by atoms with Crippen LogP contribution in [0.2, 0.25) is 0 Å². The highest BCUT2D eigenvalue weighted by Gasteiger charge is 2.15. The second-order valence-electron chi connectivity index (χ2n) is 6.79. The first kappa shape index (κ1) is 16.3. The Morgan fingerprint density at radius 2 is 1.92 bits per heavy atom. The summed E-state index contributed by atoms with van der Waals surface area (Å²) in [6, 6.07) is 11.8. The first-order chi connectivity index (χ1) is 12.5. The first-order valence-electron chi connectivity index (χ1n) is 8.69. The topological polar surface area (TPSA) is 68.0 Å². The molecule has 1 aromatic carbocycles. The van der Waals surface area contributed by atoms with E-state index >= 15 is 0 Å². The fourth-order valence-corrected chi connectivity index (χ4v) is 3.14. The molecule has 0 saturated heterocycles. The minimum absolute atomic E-state index is 0.0760. The average molecular weight is 347 g/mol. The zero-order chi connectivity index (χ0) is 18.3. The van der Waals surface area contributed by atoms with E-state index in [0.29, 0.717) is 12.2 Å². The molecule has 132 valence electrons. The van der Waals surface area contributed by atoms with Crippen LogP contribution in [0.15, 0.2) is 53.6 Å². The smallest absolute Gasteiger partial charge is 0.272 e. The average Bonchev–Trinajstić information content (AvgIpc) is 3.22. The molecule has 0 aliphatic heterocycles. The molecule has 4 aromatic rings. The Balaban J connectivity index is 1.77. The Morgan fingerprint density at radius 3 is 2.62 bits per heavy atom. The maximum absolute atomic E-state index is 12.5. The van der Waals surface area contributed by atoms with E-state index in [9.17, 15) is 4.79 Å². The molecule has 1 unspecified atom stereocenters. The van der Waals surface area contributed by atoms with E-state index in [-0.39, 0.29) is 11.5 Å². The fraction of sp³-hybridized carbons (Fsp3) is 0.250. The molecule has 0 amide bonds. The summed E-state index contributed by atoms with van der Waals surface area (Å²) in [5, 5.41) is 7.34. The predicted molar refractivity (Wildman–Crippen MR) is 101 cm³/mol. The Labute approximate surface area is 151 Å². The Bertz CT molecular complexity index is 1120. The highest BCUT2D eigenvalue weighted by molar-refractivity contribution is 5.77. The second kappa shape index (κ2) is 6.29. The van der Waals surface area contributed by atoms with Crippen molar-refractivity contribution in [3.8, 4) is 11.1 Å². The molecule has 0 bridgehead atoms. The van der Waals surface area contributed by atoms with Crippen molar-refractivity contribution in [1.82, 2.24) is 24.4 Å². The normalized spacial score (nSPS) is 12.6. The molecular weight excluding hydrogens is 326 g/mol. The van der Waals surface area contributed by atoms with Crippen LogP contribution in [0.25, 0.3) is 16.8 Å². The molecule has 3 aromatic heterocycles. The first-order valence-corrected chi connectivity index (χ1v) is 8.69. The van der Waals surface area contributed by atoms with Crippen molar-refractivity contribution in [2.45, 2.75) is 33.2 Å². The number of aryl methyl sites for hydroxylation is 2. The van der Waals surface area contributed by atoms with Crippen molar-refractivity contribution in [3.63, 3.8) is 0 Å². The third-order valence-corrected chi connectivity index (χ3v) is 4.76. The molecule has 1 N–H and O–H groups in total. The van der Waals surface area contributed by atoms with Gasteiger partial charge in [-0.05, 0) is 25.5 Å². The van der Waals surface area contributed by atoms with Crippen molar-refractivity contribution in [2.75, 3.05) is 0 Å². The van der Waals surface area contributed by atoms with Crippen LogP contribution in [0.3, 0.4) is 0 Å². The Morgan fingerprint density at radius 1 is 1.15 bits per heavy atom. The lowest BCUT2D eigenvalue weighted by Gasteiger charge is -2.13. The molecular formula is C20H21N5O. The van der Waals surface area contributed by atoms with Crippen LogP contribution >= 0.6 is 0 Å². The molecule has 4 rings (SSSR count). The number of nitrogens with one attached hydrogen (secondary N) is 1. The van der Waals surface area contributed by atoms with Crippen molar-refractivity contribution >= 4 is 5.65 Å².